The summed E-state index contributed by atoms with van der Waals surface area (Å²) in [7, 11) is 1.85. The van der Waals surface area contributed by atoms with E-state index in [1.807, 2.05) is 7.05 Å². The number of aliphatic imine (C=N–C) groups is 1. The molecule has 0 unspecified atom stereocenters. The summed E-state index contributed by atoms with van der Waals surface area (Å²) >= 11 is 0. The van der Waals surface area contributed by atoms with Gasteiger partial charge in [-0.25, -0.2) is 0 Å². The number of guanidine groups is 1. The highest BCUT2D eigenvalue weighted by molar-refractivity contribution is 5.79. The molecule has 1 saturated heterocycles. The van der Waals surface area contributed by atoms with Crippen LogP contribution in [0.5, 0.6) is 0 Å². The van der Waals surface area contributed by atoms with E-state index in [-0.39, 0.29) is 0 Å². The minimum atomic E-state index is 0.788. The van der Waals surface area contributed by atoms with Crippen LogP contribution < -0.4 is 10.6 Å². The zero-order chi connectivity index (χ0) is 13.9. The van der Waals surface area contributed by atoms with Crippen LogP contribution in [0.3, 0.4) is 0 Å². The van der Waals surface area contributed by atoms with Crippen molar-refractivity contribution in [3.05, 3.63) is 0 Å². The molecule has 0 radical (unpaired) electrons. The summed E-state index contributed by atoms with van der Waals surface area (Å²) in [6, 6.07) is 0. The Labute approximate surface area is 119 Å². The molecule has 1 rings (SSSR count). The first-order valence-electron chi connectivity index (χ1n) is 7.89. The number of piperidine rings is 1. The zero-order valence-corrected chi connectivity index (χ0v) is 13.0. The SMILES string of the molecule is CN=C(NCCCC(C)C)NCCN1CCCCC1. The third-order valence-electron chi connectivity index (χ3n) is 3.64. The molecule has 0 saturated carbocycles. The van der Waals surface area contributed by atoms with E-state index in [0.29, 0.717) is 0 Å². The number of hydrogen-bond acceptors (Lipinski definition) is 2. The Kier molecular flexibility index (Phi) is 8.63. The number of hydrogen-bond donors (Lipinski definition) is 2. The molecule has 1 aliphatic heterocycles. The number of likely N-dealkylation sites (tertiary alicyclic amines) is 1. The van der Waals surface area contributed by atoms with Gasteiger partial charge in [-0.05, 0) is 44.7 Å². The van der Waals surface area contributed by atoms with Crippen LogP contribution >= 0.6 is 0 Å². The molecule has 0 aromatic heterocycles. The standard InChI is InChI=1S/C15H32N4/c1-14(2)8-7-9-17-15(16-3)18-10-13-19-11-5-4-6-12-19/h14H,4-13H2,1-3H3,(H2,16,17,18). The monoisotopic (exact) mass is 268 g/mol. The van der Waals surface area contributed by atoms with Crippen molar-refractivity contribution in [2.24, 2.45) is 10.9 Å². The smallest absolute Gasteiger partial charge is 0.191 e. The maximum Gasteiger partial charge on any atom is 0.191 e. The number of nitrogens with zero attached hydrogens (tertiary/aromatic N) is 2. The van der Waals surface area contributed by atoms with Crippen molar-refractivity contribution >= 4 is 5.96 Å². The first-order chi connectivity index (χ1) is 9.22. The van der Waals surface area contributed by atoms with Crippen molar-refractivity contribution in [3.8, 4) is 0 Å². The van der Waals surface area contributed by atoms with Crippen molar-refractivity contribution < 1.29 is 0 Å². The average molecular weight is 268 g/mol. The van der Waals surface area contributed by atoms with E-state index in [1.54, 1.807) is 0 Å². The molecule has 19 heavy (non-hydrogen) atoms. The number of rotatable bonds is 7. The molecule has 4 heteroatoms. The van der Waals surface area contributed by atoms with Crippen molar-refractivity contribution in [3.63, 3.8) is 0 Å². The summed E-state index contributed by atoms with van der Waals surface area (Å²) in [6.45, 7) is 10.2. The topological polar surface area (TPSA) is 39.7 Å². The van der Waals surface area contributed by atoms with Gasteiger partial charge < -0.3 is 15.5 Å². The second kappa shape index (κ2) is 10.1. The largest absolute Gasteiger partial charge is 0.356 e. The van der Waals surface area contributed by atoms with Crippen LogP contribution in [0.25, 0.3) is 0 Å². The molecule has 0 spiro atoms. The molecule has 0 amide bonds. The second-order valence-electron chi connectivity index (χ2n) is 5.86. The van der Waals surface area contributed by atoms with Crippen molar-refractivity contribution in [2.75, 3.05) is 39.8 Å². The van der Waals surface area contributed by atoms with Gasteiger partial charge in [-0.3, -0.25) is 4.99 Å². The fourth-order valence-corrected chi connectivity index (χ4v) is 2.45. The minimum Gasteiger partial charge on any atom is -0.356 e. The van der Waals surface area contributed by atoms with E-state index in [0.717, 1.165) is 31.5 Å². The minimum absolute atomic E-state index is 0.788. The van der Waals surface area contributed by atoms with E-state index in [4.69, 9.17) is 0 Å². The predicted molar refractivity (Wildman–Crippen MR) is 83.7 cm³/mol. The Balaban J connectivity index is 2.04. The van der Waals surface area contributed by atoms with Gasteiger partial charge in [-0.1, -0.05) is 20.3 Å². The van der Waals surface area contributed by atoms with Crippen LogP contribution in [0.2, 0.25) is 0 Å². The van der Waals surface area contributed by atoms with Gasteiger partial charge in [-0.15, -0.1) is 0 Å². The van der Waals surface area contributed by atoms with E-state index in [2.05, 4.69) is 34.4 Å². The Morgan fingerprint density at radius 3 is 2.42 bits per heavy atom. The second-order valence-corrected chi connectivity index (χ2v) is 5.86. The first kappa shape index (κ1) is 16.3. The molecule has 1 fully saturated rings. The highest BCUT2D eigenvalue weighted by Gasteiger charge is 2.09. The van der Waals surface area contributed by atoms with E-state index >= 15 is 0 Å². The van der Waals surface area contributed by atoms with Gasteiger partial charge in [-0.2, -0.15) is 0 Å². The fraction of sp³-hybridized carbons (Fsp3) is 0.933. The van der Waals surface area contributed by atoms with Gasteiger partial charge in [0.1, 0.15) is 0 Å². The molecule has 112 valence electrons. The lowest BCUT2D eigenvalue weighted by Crippen LogP contribution is -2.42. The molecule has 0 aromatic carbocycles. The molecule has 0 bridgehead atoms. The molecule has 0 aromatic rings. The first-order valence-corrected chi connectivity index (χ1v) is 7.89. The highest BCUT2D eigenvalue weighted by atomic mass is 15.2. The van der Waals surface area contributed by atoms with Crippen LogP contribution in [0, 0.1) is 5.92 Å². The van der Waals surface area contributed by atoms with Crippen LogP contribution in [-0.2, 0) is 0 Å². The van der Waals surface area contributed by atoms with Crippen molar-refractivity contribution in [1.29, 1.82) is 0 Å². The van der Waals surface area contributed by atoms with Gasteiger partial charge in [0.2, 0.25) is 0 Å². The highest BCUT2D eigenvalue weighted by Crippen LogP contribution is 2.07. The summed E-state index contributed by atoms with van der Waals surface area (Å²) in [4.78, 5) is 6.81. The summed E-state index contributed by atoms with van der Waals surface area (Å²) in [5.41, 5.74) is 0. The third-order valence-corrected chi connectivity index (χ3v) is 3.64. The average Bonchev–Trinajstić information content (AvgIpc) is 2.42. The van der Waals surface area contributed by atoms with Gasteiger partial charge in [0.05, 0.1) is 0 Å². The normalized spacial score (nSPS) is 17.8. The molecular formula is C15H32N4. The molecule has 1 heterocycles. The summed E-state index contributed by atoms with van der Waals surface area (Å²) < 4.78 is 0. The Morgan fingerprint density at radius 1 is 1.11 bits per heavy atom. The predicted octanol–water partition coefficient (Wildman–Crippen LogP) is 2.07. The molecular weight excluding hydrogens is 236 g/mol. The molecule has 0 atom stereocenters. The van der Waals surface area contributed by atoms with E-state index in [9.17, 15) is 0 Å². The molecule has 4 nitrogen and oxygen atoms in total. The Morgan fingerprint density at radius 2 is 1.79 bits per heavy atom. The lowest BCUT2D eigenvalue weighted by atomic mass is 10.1. The third kappa shape index (κ3) is 8.09. The Hall–Kier alpha value is -0.770. The Bertz CT molecular complexity index is 245. The lowest BCUT2D eigenvalue weighted by Gasteiger charge is -2.26. The molecule has 0 aliphatic carbocycles. The van der Waals surface area contributed by atoms with Crippen LogP contribution in [0.15, 0.2) is 4.99 Å². The molecule has 1 aliphatic rings. The van der Waals surface area contributed by atoms with E-state index < -0.39 is 0 Å². The molecule has 2 N–H and O–H groups in total. The summed E-state index contributed by atoms with van der Waals surface area (Å²) in [5.74, 6) is 1.73. The number of nitrogens with one attached hydrogen (secondary N) is 2. The van der Waals surface area contributed by atoms with Gasteiger partial charge in [0.15, 0.2) is 5.96 Å². The maximum atomic E-state index is 4.26. The summed E-state index contributed by atoms with van der Waals surface area (Å²) in [6.07, 6.45) is 6.62. The van der Waals surface area contributed by atoms with Gasteiger partial charge >= 0.3 is 0 Å². The quantitative estimate of drug-likeness (QED) is 0.422. The van der Waals surface area contributed by atoms with Gasteiger partial charge in [0, 0.05) is 26.7 Å². The zero-order valence-electron chi connectivity index (χ0n) is 13.0. The van der Waals surface area contributed by atoms with Crippen molar-refractivity contribution in [1.82, 2.24) is 15.5 Å². The van der Waals surface area contributed by atoms with Crippen molar-refractivity contribution in [2.45, 2.75) is 46.0 Å². The maximum absolute atomic E-state index is 4.26. The van der Waals surface area contributed by atoms with Crippen LogP contribution in [-0.4, -0.2) is 50.6 Å². The lowest BCUT2D eigenvalue weighted by molar-refractivity contribution is 0.232. The fourth-order valence-electron chi connectivity index (χ4n) is 2.45. The van der Waals surface area contributed by atoms with Crippen LogP contribution in [0.4, 0.5) is 0 Å². The summed E-state index contributed by atoms with van der Waals surface area (Å²) in [5, 5.41) is 6.78. The van der Waals surface area contributed by atoms with Crippen LogP contribution in [0.1, 0.15) is 46.0 Å². The van der Waals surface area contributed by atoms with Gasteiger partial charge in [0.25, 0.3) is 0 Å². The van der Waals surface area contributed by atoms with E-state index in [1.165, 1.54) is 45.2 Å².